The highest BCUT2D eigenvalue weighted by molar-refractivity contribution is 5.68. The van der Waals surface area contributed by atoms with E-state index < -0.39 is 6.36 Å². The molecule has 0 fully saturated rings. The van der Waals surface area contributed by atoms with Crippen molar-refractivity contribution < 1.29 is 22.6 Å². The van der Waals surface area contributed by atoms with Crippen molar-refractivity contribution in [2.75, 3.05) is 0 Å². The summed E-state index contributed by atoms with van der Waals surface area (Å²) in [5.41, 5.74) is 4.58. The molecule has 0 N–H and O–H groups in total. The highest BCUT2D eigenvalue weighted by Crippen LogP contribution is 2.32. The van der Waals surface area contributed by atoms with E-state index in [1.54, 1.807) is 6.07 Å². The average Bonchev–Trinajstić information content (AvgIpc) is 3.22. The van der Waals surface area contributed by atoms with Gasteiger partial charge in [0.05, 0.1) is 5.69 Å². The van der Waals surface area contributed by atoms with Crippen LogP contribution in [-0.2, 0) is 6.61 Å². The number of ether oxygens (including phenoxy) is 2. The number of aromatic nitrogens is 3. The molecule has 0 radical (unpaired) electrons. The van der Waals surface area contributed by atoms with Crippen LogP contribution in [0.3, 0.4) is 0 Å². The second-order valence-corrected chi connectivity index (χ2v) is 8.13. The van der Waals surface area contributed by atoms with Crippen LogP contribution in [0, 0.1) is 6.92 Å². The van der Waals surface area contributed by atoms with E-state index in [1.165, 1.54) is 22.9 Å². The van der Waals surface area contributed by atoms with Crippen LogP contribution >= 0.6 is 0 Å². The first-order valence-electron chi connectivity index (χ1n) is 10.8. The van der Waals surface area contributed by atoms with Gasteiger partial charge in [0.1, 0.15) is 23.7 Å². The van der Waals surface area contributed by atoms with E-state index in [0.29, 0.717) is 17.1 Å². The van der Waals surface area contributed by atoms with Gasteiger partial charge < -0.3 is 9.47 Å². The molecule has 34 heavy (non-hydrogen) atoms. The first-order chi connectivity index (χ1) is 16.2. The van der Waals surface area contributed by atoms with Crippen LogP contribution in [0.15, 0.2) is 72.8 Å². The molecule has 1 aromatic heterocycles. The largest absolute Gasteiger partial charge is 0.573 e. The SMILES string of the molecule is Cc1cc(OCc2c(C(C)C)nnn2-c2ccccc2OC(F)(F)F)ccc1-c1ccccc1. The first kappa shape index (κ1) is 23.4. The molecular weight excluding hydrogens is 443 g/mol. The van der Waals surface area contributed by atoms with Crippen LogP contribution in [0.1, 0.15) is 36.7 Å². The van der Waals surface area contributed by atoms with Crippen LogP contribution in [0.25, 0.3) is 16.8 Å². The quantitative estimate of drug-likeness (QED) is 0.298. The Morgan fingerprint density at radius 2 is 1.65 bits per heavy atom. The van der Waals surface area contributed by atoms with Crippen LogP contribution in [0.2, 0.25) is 0 Å². The minimum Gasteiger partial charge on any atom is -0.487 e. The van der Waals surface area contributed by atoms with Gasteiger partial charge in [-0.05, 0) is 53.8 Å². The smallest absolute Gasteiger partial charge is 0.487 e. The number of para-hydroxylation sites is 2. The van der Waals surface area contributed by atoms with Gasteiger partial charge in [-0.2, -0.15) is 0 Å². The molecule has 0 aliphatic rings. The molecule has 1 heterocycles. The highest BCUT2D eigenvalue weighted by atomic mass is 19.4. The average molecular weight is 467 g/mol. The molecule has 0 atom stereocenters. The lowest BCUT2D eigenvalue weighted by Gasteiger charge is -2.16. The number of benzene rings is 3. The van der Waals surface area contributed by atoms with Crippen molar-refractivity contribution >= 4 is 0 Å². The summed E-state index contributed by atoms with van der Waals surface area (Å²) in [5, 5.41) is 8.33. The monoisotopic (exact) mass is 467 g/mol. The Labute approximate surface area is 195 Å². The molecule has 0 spiro atoms. The summed E-state index contributed by atoms with van der Waals surface area (Å²) >= 11 is 0. The van der Waals surface area contributed by atoms with E-state index in [1.807, 2.05) is 69.3 Å². The number of alkyl halides is 3. The van der Waals surface area contributed by atoms with Gasteiger partial charge in [-0.15, -0.1) is 18.3 Å². The summed E-state index contributed by atoms with van der Waals surface area (Å²) in [6.07, 6.45) is -4.83. The summed E-state index contributed by atoms with van der Waals surface area (Å²) in [7, 11) is 0. The van der Waals surface area contributed by atoms with Gasteiger partial charge >= 0.3 is 6.36 Å². The topological polar surface area (TPSA) is 49.2 Å². The molecule has 4 aromatic rings. The molecule has 176 valence electrons. The van der Waals surface area contributed by atoms with Crippen molar-refractivity contribution in [3.8, 4) is 28.3 Å². The molecule has 0 aliphatic carbocycles. The molecule has 8 heteroatoms. The van der Waals surface area contributed by atoms with E-state index in [2.05, 4.69) is 15.0 Å². The van der Waals surface area contributed by atoms with Gasteiger partial charge in [-0.3, -0.25) is 0 Å². The fraction of sp³-hybridized carbons (Fsp3) is 0.231. The molecule has 4 rings (SSSR count). The van der Waals surface area contributed by atoms with Crippen LogP contribution in [0.4, 0.5) is 13.2 Å². The number of hydrogen-bond acceptors (Lipinski definition) is 4. The van der Waals surface area contributed by atoms with E-state index in [9.17, 15) is 13.2 Å². The highest BCUT2D eigenvalue weighted by Gasteiger charge is 2.33. The maximum absolute atomic E-state index is 12.9. The molecule has 0 aliphatic heterocycles. The molecule has 0 bridgehead atoms. The van der Waals surface area contributed by atoms with Crippen LogP contribution < -0.4 is 9.47 Å². The molecule has 0 saturated carbocycles. The van der Waals surface area contributed by atoms with Gasteiger partial charge in [0.2, 0.25) is 0 Å². The van der Waals surface area contributed by atoms with E-state index >= 15 is 0 Å². The fourth-order valence-corrected chi connectivity index (χ4v) is 3.75. The predicted octanol–water partition coefficient (Wildman–Crippen LogP) is 6.84. The molecular formula is C26H24F3N3O2. The van der Waals surface area contributed by atoms with Gasteiger partial charge in [-0.1, -0.05) is 67.6 Å². The lowest BCUT2D eigenvalue weighted by atomic mass is 10.0. The second-order valence-electron chi connectivity index (χ2n) is 8.13. The summed E-state index contributed by atoms with van der Waals surface area (Å²) in [5.74, 6) is 0.268. The summed E-state index contributed by atoms with van der Waals surface area (Å²) in [6, 6.07) is 21.7. The molecule has 5 nitrogen and oxygen atoms in total. The Morgan fingerprint density at radius 1 is 0.941 bits per heavy atom. The third-order valence-corrected chi connectivity index (χ3v) is 5.32. The fourth-order valence-electron chi connectivity index (χ4n) is 3.75. The lowest BCUT2D eigenvalue weighted by Crippen LogP contribution is -2.19. The summed E-state index contributed by atoms with van der Waals surface area (Å²) in [6.45, 7) is 5.96. The molecule has 3 aromatic carbocycles. The number of aryl methyl sites for hydroxylation is 1. The molecule has 0 unspecified atom stereocenters. The minimum atomic E-state index is -4.83. The predicted molar refractivity (Wildman–Crippen MR) is 123 cm³/mol. The van der Waals surface area contributed by atoms with Crippen LogP contribution in [0.5, 0.6) is 11.5 Å². The van der Waals surface area contributed by atoms with Gasteiger partial charge in [0, 0.05) is 0 Å². The maximum Gasteiger partial charge on any atom is 0.573 e. The van der Waals surface area contributed by atoms with Crippen molar-refractivity contribution in [1.29, 1.82) is 0 Å². The minimum absolute atomic E-state index is 0.00904. The van der Waals surface area contributed by atoms with Crippen molar-refractivity contribution in [2.24, 2.45) is 0 Å². The Kier molecular flexibility index (Phi) is 6.58. The zero-order valence-corrected chi connectivity index (χ0v) is 19.0. The molecule has 0 amide bonds. The van der Waals surface area contributed by atoms with E-state index in [0.717, 1.165) is 16.7 Å². The van der Waals surface area contributed by atoms with Gasteiger partial charge in [0.15, 0.2) is 5.75 Å². The van der Waals surface area contributed by atoms with Crippen molar-refractivity contribution in [2.45, 2.75) is 39.7 Å². The van der Waals surface area contributed by atoms with Crippen molar-refractivity contribution in [3.63, 3.8) is 0 Å². The Bertz CT molecular complexity index is 1270. The Morgan fingerprint density at radius 3 is 2.32 bits per heavy atom. The van der Waals surface area contributed by atoms with E-state index in [-0.39, 0.29) is 24.0 Å². The zero-order valence-electron chi connectivity index (χ0n) is 19.0. The zero-order chi connectivity index (χ0) is 24.3. The van der Waals surface area contributed by atoms with Crippen molar-refractivity contribution in [1.82, 2.24) is 15.0 Å². The van der Waals surface area contributed by atoms with Gasteiger partial charge in [-0.25, -0.2) is 4.68 Å². The van der Waals surface area contributed by atoms with Gasteiger partial charge in [0.25, 0.3) is 0 Å². The van der Waals surface area contributed by atoms with Crippen molar-refractivity contribution in [3.05, 3.63) is 89.7 Å². The maximum atomic E-state index is 12.9. The third-order valence-electron chi connectivity index (χ3n) is 5.32. The molecule has 0 saturated heterocycles. The number of nitrogens with zero attached hydrogens (tertiary/aromatic N) is 3. The van der Waals surface area contributed by atoms with E-state index in [4.69, 9.17) is 4.74 Å². The first-order valence-corrected chi connectivity index (χ1v) is 10.8. The summed E-state index contributed by atoms with van der Waals surface area (Å²) in [4.78, 5) is 0. The normalized spacial score (nSPS) is 11.6. The Balaban J connectivity index is 1.64. The Hall–Kier alpha value is -3.81. The second kappa shape index (κ2) is 9.59. The van der Waals surface area contributed by atoms with Crippen LogP contribution in [-0.4, -0.2) is 21.4 Å². The third kappa shape index (κ3) is 5.22. The lowest BCUT2D eigenvalue weighted by molar-refractivity contribution is -0.274. The number of hydrogen-bond donors (Lipinski definition) is 0. The number of rotatable bonds is 7. The summed E-state index contributed by atoms with van der Waals surface area (Å²) < 4.78 is 50.4. The standard InChI is InChI=1S/C26H24F3N3O2/c1-17(2)25-23(32(31-30-25)22-11-7-8-12-24(22)34-26(27,28)29)16-33-20-13-14-21(18(3)15-20)19-9-5-4-6-10-19/h4-15,17H,16H2,1-3H3. The number of halogens is 3.